The van der Waals surface area contributed by atoms with Crippen LogP contribution in [0.5, 0.6) is 0 Å². The first-order chi connectivity index (χ1) is 7.20. The molecule has 0 saturated heterocycles. The van der Waals surface area contributed by atoms with E-state index in [2.05, 4.69) is 12.2 Å². The summed E-state index contributed by atoms with van der Waals surface area (Å²) < 4.78 is 4.71. The molecule has 4 nitrogen and oxygen atoms in total. The third-order valence-electron chi connectivity index (χ3n) is 2.39. The van der Waals surface area contributed by atoms with Crippen molar-refractivity contribution in [3.63, 3.8) is 0 Å². The minimum Gasteiger partial charge on any atom is -0.375 e. The van der Waals surface area contributed by atoms with Gasteiger partial charge in [-0.05, 0) is 25.3 Å². The van der Waals surface area contributed by atoms with Gasteiger partial charge < -0.3 is 15.8 Å². The van der Waals surface area contributed by atoms with Gasteiger partial charge in [0.2, 0.25) is 5.91 Å². The minimum absolute atomic E-state index is 0.0355. The normalized spacial score (nSPS) is 12.5. The number of ether oxygens (including phenoxy) is 1. The van der Waals surface area contributed by atoms with E-state index in [4.69, 9.17) is 10.5 Å². The fourth-order valence-electron chi connectivity index (χ4n) is 1.42. The molecule has 0 aliphatic rings. The number of hydrogen-bond donors (Lipinski definition) is 2. The van der Waals surface area contributed by atoms with E-state index in [0.29, 0.717) is 5.92 Å². The molecule has 3 N–H and O–H groups in total. The number of nitrogens with two attached hydrogens (primary N) is 1. The maximum atomic E-state index is 11.0. The highest BCUT2D eigenvalue weighted by molar-refractivity contribution is 5.77. The van der Waals surface area contributed by atoms with E-state index in [9.17, 15) is 4.79 Å². The van der Waals surface area contributed by atoms with Gasteiger partial charge in [-0.25, -0.2) is 0 Å². The molecule has 90 valence electrons. The molecule has 1 atom stereocenters. The molecule has 0 aliphatic carbocycles. The standard InChI is InChI=1S/C11H24N2O2/c1-10(5-3-4-7-12)6-8-13-11(14)9-15-2/h10H,3-9,12H2,1-2H3,(H,13,14). The Morgan fingerprint density at radius 1 is 1.40 bits per heavy atom. The van der Waals surface area contributed by atoms with Gasteiger partial charge >= 0.3 is 0 Å². The Hall–Kier alpha value is -0.610. The van der Waals surface area contributed by atoms with Gasteiger partial charge in [-0.1, -0.05) is 19.8 Å². The van der Waals surface area contributed by atoms with Gasteiger partial charge in [0.1, 0.15) is 6.61 Å². The molecule has 0 fully saturated rings. The Kier molecular flexibility index (Phi) is 9.52. The molecule has 1 unspecified atom stereocenters. The predicted octanol–water partition coefficient (Wildman–Crippen LogP) is 0.904. The molecular weight excluding hydrogens is 192 g/mol. The van der Waals surface area contributed by atoms with Crippen molar-refractivity contribution in [3.8, 4) is 0 Å². The maximum Gasteiger partial charge on any atom is 0.245 e. The molecule has 0 aromatic carbocycles. The summed E-state index contributed by atoms with van der Waals surface area (Å²) in [6.45, 7) is 3.88. The molecule has 0 aromatic heterocycles. The van der Waals surface area contributed by atoms with Crippen LogP contribution in [0.4, 0.5) is 0 Å². The van der Waals surface area contributed by atoms with Crippen molar-refractivity contribution in [2.75, 3.05) is 26.8 Å². The van der Waals surface area contributed by atoms with Crippen LogP contribution in [0.15, 0.2) is 0 Å². The van der Waals surface area contributed by atoms with Gasteiger partial charge in [0, 0.05) is 13.7 Å². The van der Waals surface area contributed by atoms with Crippen LogP contribution in [-0.2, 0) is 9.53 Å². The third-order valence-corrected chi connectivity index (χ3v) is 2.39. The van der Waals surface area contributed by atoms with Gasteiger partial charge in [-0.2, -0.15) is 0 Å². The minimum atomic E-state index is -0.0355. The lowest BCUT2D eigenvalue weighted by molar-refractivity contribution is -0.124. The molecule has 0 aliphatic heterocycles. The van der Waals surface area contributed by atoms with E-state index in [-0.39, 0.29) is 12.5 Å². The number of rotatable bonds is 9. The highest BCUT2D eigenvalue weighted by Gasteiger charge is 2.03. The van der Waals surface area contributed by atoms with Crippen molar-refractivity contribution in [1.29, 1.82) is 0 Å². The number of methoxy groups -OCH3 is 1. The number of unbranched alkanes of at least 4 members (excludes halogenated alkanes) is 1. The lowest BCUT2D eigenvalue weighted by atomic mass is 10.0. The summed E-state index contributed by atoms with van der Waals surface area (Å²) in [5.74, 6) is 0.617. The van der Waals surface area contributed by atoms with Crippen LogP contribution in [0.3, 0.4) is 0 Å². The van der Waals surface area contributed by atoms with Crippen LogP contribution in [0.2, 0.25) is 0 Å². The van der Waals surface area contributed by atoms with Crippen LogP contribution < -0.4 is 11.1 Å². The number of amides is 1. The van der Waals surface area contributed by atoms with Crippen molar-refractivity contribution in [2.24, 2.45) is 11.7 Å². The highest BCUT2D eigenvalue weighted by Crippen LogP contribution is 2.10. The average molecular weight is 216 g/mol. The van der Waals surface area contributed by atoms with Crippen LogP contribution in [0.1, 0.15) is 32.6 Å². The first-order valence-electron chi connectivity index (χ1n) is 5.66. The average Bonchev–Trinajstić information content (AvgIpc) is 2.18. The fourth-order valence-corrected chi connectivity index (χ4v) is 1.42. The smallest absolute Gasteiger partial charge is 0.245 e. The summed E-state index contributed by atoms with van der Waals surface area (Å²) in [5, 5.41) is 2.82. The Balaban J connectivity index is 3.30. The molecule has 15 heavy (non-hydrogen) atoms. The Morgan fingerprint density at radius 3 is 2.73 bits per heavy atom. The predicted molar refractivity (Wildman–Crippen MR) is 61.6 cm³/mol. The molecule has 0 saturated carbocycles. The van der Waals surface area contributed by atoms with Gasteiger partial charge in [0.25, 0.3) is 0 Å². The first-order valence-corrected chi connectivity index (χ1v) is 5.66. The van der Waals surface area contributed by atoms with Gasteiger partial charge in [-0.15, -0.1) is 0 Å². The van der Waals surface area contributed by atoms with E-state index >= 15 is 0 Å². The van der Waals surface area contributed by atoms with Crippen molar-refractivity contribution in [3.05, 3.63) is 0 Å². The largest absolute Gasteiger partial charge is 0.375 e. The van der Waals surface area contributed by atoms with Crippen LogP contribution in [0, 0.1) is 5.92 Å². The molecule has 4 heteroatoms. The second-order valence-corrected chi connectivity index (χ2v) is 3.96. The van der Waals surface area contributed by atoms with Gasteiger partial charge in [0.05, 0.1) is 0 Å². The summed E-state index contributed by atoms with van der Waals surface area (Å²) in [6, 6.07) is 0. The fraction of sp³-hybridized carbons (Fsp3) is 0.909. The number of nitrogens with one attached hydrogen (secondary N) is 1. The van der Waals surface area contributed by atoms with Crippen molar-refractivity contribution < 1.29 is 9.53 Å². The SMILES string of the molecule is COCC(=O)NCCC(C)CCCCN. The molecule has 0 radical (unpaired) electrons. The lowest BCUT2D eigenvalue weighted by Gasteiger charge is -2.11. The zero-order valence-corrected chi connectivity index (χ0v) is 9.92. The molecule has 0 bridgehead atoms. The molecular formula is C11H24N2O2. The topological polar surface area (TPSA) is 64.3 Å². The maximum absolute atomic E-state index is 11.0. The monoisotopic (exact) mass is 216 g/mol. The van der Waals surface area contributed by atoms with Crippen LogP contribution >= 0.6 is 0 Å². The second-order valence-electron chi connectivity index (χ2n) is 3.96. The molecule has 0 rings (SSSR count). The van der Waals surface area contributed by atoms with Gasteiger partial charge in [0.15, 0.2) is 0 Å². The Morgan fingerprint density at radius 2 is 2.13 bits per heavy atom. The summed E-state index contributed by atoms with van der Waals surface area (Å²) in [5.41, 5.74) is 5.42. The molecule has 0 aromatic rings. The highest BCUT2D eigenvalue weighted by atomic mass is 16.5. The van der Waals surface area contributed by atoms with Crippen LogP contribution in [0.25, 0.3) is 0 Å². The van der Waals surface area contributed by atoms with E-state index in [1.165, 1.54) is 20.0 Å². The quantitative estimate of drug-likeness (QED) is 0.563. The Bertz CT molecular complexity index is 163. The summed E-state index contributed by atoms with van der Waals surface area (Å²) in [4.78, 5) is 11.0. The van der Waals surface area contributed by atoms with Gasteiger partial charge in [-0.3, -0.25) is 4.79 Å². The zero-order chi connectivity index (χ0) is 11.5. The van der Waals surface area contributed by atoms with E-state index in [1.54, 1.807) is 0 Å². The molecule has 0 heterocycles. The first kappa shape index (κ1) is 14.4. The van der Waals surface area contributed by atoms with Crippen molar-refractivity contribution >= 4 is 5.91 Å². The third kappa shape index (κ3) is 9.69. The summed E-state index contributed by atoms with van der Waals surface area (Å²) in [6.07, 6.45) is 4.50. The van der Waals surface area contributed by atoms with Crippen molar-refractivity contribution in [1.82, 2.24) is 5.32 Å². The second kappa shape index (κ2) is 9.93. The zero-order valence-electron chi connectivity index (χ0n) is 9.92. The molecule has 1 amide bonds. The summed E-state index contributed by atoms with van der Waals surface area (Å²) >= 11 is 0. The van der Waals surface area contributed by atoms with E-state index < -0.39 is 0 Å². The number of carbonyl (C=O) groups excluding carboxylic acids is 1. The van der Waals surface area contributed by atoms with E-state index in [0.717, 1.165) is 25.9 Å². The number of carbonyl (C=O) groups is 1. The van der Waals surface area contributed by atoms with Crippen LogP contribution in [-0.4, -0.2) is 32.7 Å². The van der Waals surface area contributed by atoms with Crippen molar-refractivity contribution in [2.45, 2.75) is 32.6 Å². The van der Waals surface area contributed by atoms with E-state index in [1.807, 2.05) is 0 Å². The lowest BCUT2D eigenvalue weighted by Crippen LogP contribution is -2.28. The molecule has 0 spiro atoms. The number of hydrogen-bond acceptors (Lipinski definition) is 3. The summed E-state index contributed by atoms with van der Waals surface area (Å²) in [7, 11) is 1.52. The Labute approximate surface area is 92.6 Å².